The van der Waals surface area contributed by atoms with E-state index in [1.165, 1.54) is 38.4 Å². The summed E-state index contributed by atoms with van der Waals surface area (Å²) >= 11 is 0. The Morgan fingerprint density at radius 3 is 2.50 bits per heavy atom. The smallest absolute Gasteiger partial charge is 0.123 e. The average molecular weight is 167 g/mol. The zero-order chi connectivity index (χ0) is 8.60. The predicted molar refractivity (Wildman–Crippen MR) is 47.9 cm³/mol. The van der Waals surface area contributed by atoms with Gasteiger partial charge in [0, 0.05) is 12.0 Å². The van der Waals surface area contributed by atoms with Crippen LogP contribution >= 0.6 is 0 Å². The van der Waals surface area contributed by atoms with Crippen molar-refractivity contribution in [3.05, 3.63) is 0 Å². The van der Waals surface area contributed by atoms with E-state index in [-0.39, 0.29) is 0 Å². The second-order valence-corrected chi connectivity index (χ2v) is 4.37. The number of carbonyl (C=O) groups excluding carboxylic acids is 1. The van der Waals surface area contributed by atoms with E-state index in [1.807, 2.05) is 7.05 Å². The molecule has 1 unspecified atom stereocenters. The molecular formula is C10H17NO. The molecule has 1 atom stereocenters. The lowest BCUT2D eigenvalue weighted by Crippen LogP contribution is -2.31. The van der Waals surface area contributed by atoms with Gasteiger partial charge in [0.2, 0.25) is 0 Å². The Kier molecular flexibility index (Phi) is 1.95. The van der Waals surface area contributed by atoms with Crippen LogP contribution in [-0.2, 0) is 4.79 Å². The first-order valence-corrected chi connectivity index (χ1v) is 4.93. The number of carbonyl (C=O) groups is 1. The van der Waals surface area contributed by atoms with Gasteiger partial charge in [0.1, 0.15) is 6.29 Å². The van der Waals surface area contributed by atoms with Crippen LogP contribution in [0.25, 0.3) is 0 Å². The number of hydrogen-bond donors (Lipinski definition) is 1. The van der Waals surface area contributed by atoms with Crippen molar-refractivity contribution >= 4 is 6.29 Å². The first-order chi connectivity index (χ1) is 5.80. The SMILES string of the molecule is CNC1CCC2(CC1)CC2C=O. The molecule has 2 rings (SSSR count). The van der Waals surface area contributed by atoms with E-state index in [4.69, 9.17) is 0 Å². The number of rotatable bonds is 2. The van der Waals surface area contributed by atoms with E-state index in [1.54, 1.807) is 0 Å². The van der Waals surface area contributed by atoms with E-state index in [2.05, 4.69) is 5.32 Å². The molecule has 0 aromatic carbocycles. The fourth-order valence-corrected chi connectivity index (χ4v) is 2.63. The fourth-order valence-electron chi connectivity index (χ4n) is 2.63. The van der Waals surface area contributed by atoms with Gasteiger partial charge in [-0.25, -0.2) is 0 Å². The van der Waals surface area contributed by atoms with Crippen molar-refractivity contribution in [1.29, 1.82) is 0 Å². The quantitative estimate of drug-likeness (QED) is 0.629. The minimum Gasteiger partial charge on any atom is -0.317 e. The molecule has 0 radical (unpaired) electrons. The third-order valence-electron chi connectivity index (χ3n) is 3.81. The fraction of sp³-hybridized carbons (Fsp3) is 0.900. The van der Waals surface area contributed by atoms with Crippen molar-refractivity contribution in [2.75, 3.05) is 7.05 Å². The summed E-state index contributed by atoms with van der Waals surface area (Å²) in [6, 6.07) is 0.712. The molecule has 0 aromatic heterocycles. The van der Waals surface area contributed by atoms with Crippen LogP contribution in [-0.4, -0.2) is 19.4 Å². The third-order valence-corrected chi connectivity index (χ3v) is 3.81. The van der Waals surface area contributed by atoms with E-state index < -0.39 is 0 Å². The van der Waals surface area contributed by atoms with Crippen LogP contribution < -0.4 is 5.32 Å². The Morgan fingerprint density at radius 1 is 1.42 bits per heavy atom. The van der Waals surface area contributed by atoms with Crippen LogP contribution in [0, 0.1) is 11.3 Å². The van der Waals surface area contributed by atoms with Crippen molar-refractivity contribution < 1.29 is 4.79 Å². The van der Waals surface area contributed by atoms with E-state index in [0.717, 1.165) is 0 Å². The minimum absolute atomic E-state index is 0.412. The second-order valence-electron chi connectivity index (χ2n) is 4.37. The molecule has 2 nitrogen and oxygen atoms in total. The van der Waals surface area contributed by atoms with Gasteiger partial charge in [-0.15, -0.1) is 0 Å². The average Bonchev–Trinajstić information content (AvgIpc) is 2.81. The standard InChI is InChI=1S/C10H17NO/c1-11-9-2-4-10(5-3-9)6-8(10)7-12/h7-9,11H,2-6H2,1H3. The lowest BCUT2D eigenvalue weighted by Gasteiger charge is -2.28. The zero-order valence-electron chi connectivity index (χ0n) is 7.68. The Labute approximate surface area is 73.7 Å². The van der Waals surface area contributed by atoms with Gasteiger partial charge in [-0.05, 0) is 44.6 Å². The van der Waals surface area contributed by atoms with Crippen molar-refractivity contribution in [2.24, 2.45) is 11.3 Å². The summed E-state index contributed by atoms with van der Waals surface area (Å²) in [7, 11) is 2.03. The normalized spacial score (nSPS) is 46.1. The van der Waals surface area contributed by atoms with Crippen LogP contribution in [0.15, 0.2) is 0 Å². The maximum atomic E-state index is 10.6. The molecule has 2 aliphatic carbocycles. The van der Waals surface area contributed by atoms with E-state index >= 15 is 0 Å². The zero-order valence-corrected chi connectivity index (χ0v) is 7.68. The van der Waals surface area contributed by atoms with Crippen LogP contribution in [0.5, 0.6) is 0 Å². The summed E-state index contributed by atoms with van der Waals surface area (Å²) in [5.41, 5.74) is 0.467. The molecule has 2 fully saturated rings. The third kappa shape index (κ3) is 1.18. The highest BCUT2D eigenvalue weighted by molar-refractivity contribution is 5.60. The molecule has 0 heterocycles. The number of hydrogen-bond acceptors (Lipinski definition) is 2. The maximum Gasteiger partial charge on any atom is 0.123 e. The highest BCUT2D eigenvalue weighted by Crippen LogP contribution is 2.60. The second kappa shape index (κ2) is 2.84. The monoisotopic (exact) mass is 167 g/mol. The topological polar surface area (TPSA) is 29.1 Å². The van der Waals surface area contributed by atoms with Crippen LogP contribution in [0.4, 0.5) is 0 Å². The summed E-state index contributed by atoms with van der Waals surface area (Å²) in [5.74, 6) is 0.412. The van der Waals surface area contributed by atoms with Gasteiger partial charge < -0.3 is 10.1 Å². The van der Waals surface area contributed by atoms with Gasteiger partial charge in [0.05, 0.1) is 0 Å². The lowest BCUT2D eigenvalue weighted by atomic mass is 9.82. The molecule has 0 bridgehead atoms. The van der Waals surface area contributed by atoms with E-state index in [0.29, 0.717) is 17.4 Å². The van der Waals surface area contributed by atoms with Crippen molar-refractivity contribution in [2.45, 2.75) is 38.1 Å². The molecule has 2 saturated carbocycles. The summed E-state index contributed by atoms with van der Waals surface area (Å²) in [4.78, 5) is 10.6. The van der Waals surface area contributed by atoms with Crippen molar-refractivity contribution in [3.8, 4) is 0 Å². The van der Waals surface area contributed by atoms with Gasteiger partial charge >= 0.3 is 0 Å². The lowest BCUT2D eigenvalue weighted by molar-refractivity contribution is -0.109. The Hall–Kier alpha value is -0.370. The van der Waals surface area contributed by atoms with Gasteiger partial charge in [-0.3, -0.25) is 0 Å². The highest BCUT2D eigenvalue weighted by Gasteiger charge is 2.54. The molecule has 0 aliphatic heterocycles. The Morgan fingerprint density at radius 2 is 2.08 bits per heavy atom. The molecule has 0 saturated heterocycles. The maximum absolute atomic E-state index is 10.6. The molecule has 0 aromatic rings. The molecule has 2 heteroatoms. The molecule has 68 valence electrons. The van der Waals surface area contributed by atoms with Crippen molar-refractivity contribution in [1.82, 2.24) is 5.32 Å². The van der Waals surface area contributed by atoms with Crippen LogP contribution in [0.1, 0.15) is 32.1 Å². The molecule has 2 aliphatic rings. The number of nitrogens with one attached hydrogen (secondary N) is 1. The van der Waals surface area contributed by atoms with Gasteiger partial charge in [0.25, 0.3) is 0 Å². The van der Waals surface area contributed by atoms with Gasteiger partial charge in [0.15, 0.2) is 0 Å². The summed E-state index contributed by atoms with van der Waals surface area (Å²) in [6.07, 6.45) is 7.40. The van der Waals surface area contributed by atoms with Crippen LogP contribution in [0.2, 0.25) is 0 Å². The predicted octanol–water partition coefficient (Wildman–Crippen LogP) is 1.35. The van der Waals surface area contributed by atoms with Gasteiger partial charge in [-0.1, -0.05) is 0 Å². The number of aldehydes is 1. The first kappa shape index (κ1) is 8.24. The summed E-state index contributed by atoms with van der Waals surface area (Å²) in [6.45, 7) is 0. The summed E-state index contributed by atoms with van der Waals surface area (Å²) < 4.78 is 0. The van der Waals surface area contributed by atoms with Gasteiger partial charge in [-0.2, -0.15) is 0 Å². The molecule has 1 spiro atoms. The van der Waals surface area contributed by atoms with Crippen molar-refractivity contribution in [3.63, 3.8) is 0 Å². The van der Waals surface area contributed by atoms with E-state index in [9.17, 15) is 4.79 Å². The molecule has 12 heavy (non-hydrogen) atoms. The highest BCUT2D eigenvalue weighted by atomic mass is 16.1. The molecule has 0 amide bonds. The Bertz CT molecular complexity index is 182. The Balaban J connectivity index is 1.87. The largest absolute Gasteiger partial charge is 0.317 e. The first-order valence-electron chi connectivity index (χ1n) is 4.93. The van der Waals surface area contributed by atoms with Crippen LogP contribution in [0.3, 0.4) is 0 Å². The summed E-state index contributed by atoms with van der Waals surface area (Å²) in [5, 5.41) is 3.31. The molecule has 1 N–H and O–H groups in total. The molecular weight excluding hydrogens is 150 g/mol. The minimum atomic E-state index is 0.412.